The Hall–Kier alpha value is -2.18. The lowest BCUT2D eigenvalue weighted by atomic mass is 10.5. The van der Waals surface area contributed by atoms with Crippen LogP contribution < -0.4 is 10.6 Å². The van der Waals surface area contributed by atoms with Gasteiger partial charge in [-0.15, -0.1) is 10.2 Å². The summed E-state index contributed by atoms with van der Waals surface area (Å²) in [6, 6.07) is 0.374. The van der Waals surface area contributed by atoms with Crippen molar-refractivity contribution in [3.05, 3.63) is 18.2 Å². The molecule has 0 bridgehead atoms. The minimum Gasteiger partial charge on any atom is -0.358 e. The SMILES string of the molecule is Cc1nnc2c(NCC(=O)NC3CC3)nccn12. The molecule has 0 atom stereocenters. The van der Waals surface area contributed by atoms with Crippen molar-refractivity contribution in [1.82, 2.24) is 24.9 Å². The predicted octanol–water partition coefficient (Wildman–Crippen LogP) is 0.123. The van der Waals surface area contributed by atoms with Gasteiger partial charge in [-0.25, -0.2) is 4.98 Å². The van der Waals surface area contributed by atoms with Gasteiger partial charge in [0.1, 0.15) is 5.82 Å². The maximum Gasteiger partial charge on any atom is 0.239 e. The standard InChI is InChI=1S/C11H14N6O/c1-7-15-16-11-10(12-4-5-17(7)11)13-6-9(18)14-8-2-3-8/h4-5,8H,2-3,6H2,1H3,(H,12,13)(H,14,18). The predicted molar refractivity (Wildman–Crippen MR) is 65.2 cm³/mol. The first-order chi connectivity index (χ1) is 8.74. The summed E-state index contributed by atoms with van der Waals surface area (Å²) in [5, 5.41) is 13.9. The Balaban J connectivity index is 1.71. The largest absolute Gasteiger partial charge is 0.358 e. The first-order valence-corrected chi connectivity index (χ1v) is 5.93. The quantitative estimate of drug-likeness (QED) is 0.800. The number of rotatable bonds is 4. The summed E-state index contributed by atoms with van der Waals surface area (Å²) in [6.45, 7) is 2.07. The first-order valence-electron chi connectivity index (χ1n) is 5.93. The summed E-state index contributed by atoms with van der Waals surface area (Å²) < 4.78 is 1.83. The maximum absolute atomic E-state index is 11.6. The number of carbonyl (C=O) groups excluding carboxylic acids is 1. The molecule has 3 rings (SSSR count). The normalized spacial score (nSPS) is 14.7. The van der Waals surface area contributed by atoms with Crippen LogP contribution in [0.2, 0.25) is 0 Å². The zero-order valence-corrected chi connectivity index (χ0v) is 10.1. The maximum atomic E-state index is 11.6. The Morgan fingerprint density at radius 3 is 3.11 bits per heavy atom. The van der Waals surface area contributed by atoms with Crippen molar-refractivity contribution >= 4 is 17.4 Å². The Bertz CT molecular complexity index is 588. The number of aromatic nitrogens is 4. The lowest BCUT2D eigenvalue weighted by molar-refractivity contribution is -0.119. The van der Waals surface area contributed by atoms with Gasteiger partial charge in [0.25, 0.3) is 0 Å². The molecule has 0 aliphatic heterocycles. The Kier molecular flexibility index (Phi) is 2.58. The van der Waals surface area contributed by atoms with Crippen LogP contribution in [0, 0.1) is 6.92 Å². The second-order valence-corrected chi connectivity index (χ2v) is 4.41. The van der Waals surface area contributed by atoms with E-state index in [9.17, 15) is 4.79 Å². The van der Waals surface area contributed by atoms with Crippen molar-refractivity contribution in [1.29, 1.82) is 0 Å². The van der Waals surface area contributed by atoms with E-state index >= 15 is 0 Å². The van der Waals surface area contributed by atoms with E-state index in [1.165, 1.54) is 0 Å². The fourth-order valence-electron chi connectivity index (χ4n) is 1.74. The van der Waals surface area contributed by atoms with Crippen LogP contribution in [0.3, 0.4) is 0 Å². The van der Waals surface area contributed by atoms with Crippen molar-refractivity contribution in [2.24, 2.45) is 0 Å². The highest BCUT2D eigenvalue weighted by atomic mass is 16.2. The lowest BCUT2D eigenvalue weighted by Gasteiger charge is -2.06. The fourth-order valence-corrected chi connectivity index (χ4v) is 1.74. The summed E-state index contributed by atoms with van der Waals surface area (Å²) in [5.41, 5.74) is 0.634. The summed E-state index contributed by atoms with van der Waals surface area (Å²) in [7, 11) is 0. The van der Waals surface area contributed by atoms with Gasteiger partial charge in [0, 0.05) is 18.4 Å². The van der Waals surface area contributed by atoms with Gasteiger partial charge < -0.3 is 10.6 Å². The molecule has 7 heteroatoms. The van der Waals surface area contributed by atoms with Crippen LogP contribution in [-0.4, -0.2) is 38.1 Å². The van der Waals surface area contributed by atoms with Crippen LogP contribution in [-0.2, 0) is 4.79 Å². The third-order valence-corrected chi connectivity index (χ3v) is 2.86. The molecule has 2 heterocycles. The molecule has 0 aromatic carbocycles. The number of hydrogen-bond donors (Lipinski definition) is 2. The highest BCUT2D eigenvalue weighted by Crippen LogP contribution is 2.18. The van der Waals surface area contributed by atoms with E-state index in [0.717, 1.165) is 18.7 Å². The van der Waals surface area contributed by atoms with E-state index in [1.54, 1.807) is 12.4 Å². The molecule has 1 fully saturated rings. The average Bonchev–Trinajstić information content (AvgIpc) is 3.10. The minimum atomic E-state index is -0.0162. The van der Waals surface area contributed by atoms with Gasteiger partial charge in [-0.05, 0) is 19.8 Å². The van der Waals surface area contributed by atoms with Crippen molar-refractivity contribution in [3.8, 4) is 0 Å². The molecular weight excluding hydrogens is 232 g/mol. The number of fused-ring (bicyclic) bond motifs is 1. The molecular formula is C11H14N6O. The van der Waals surface area contributed by atoms with E-state index in [-0.39, 0.29) is 12.5 Å². The number of anilines is 1. The molecule has 1 aliphatic rings. The fraction of sp³-hybridized carbons (Fsp3) is 0.455. The van der Waals surface area contributed by atoms with Gasteiger partial charge in [0.05, 0.1) is 6.54 Å². The Morgan fingerprint density at radius 2 is 2.33 bits per heavy atom. The Morgan fingerprint density at radius 1 is 1.50 bits per heavy atom. The van der Waals surface area contributed by atoms with Crippen molar-refractivity contribution in [3.63, 3.8) is 0 Å². The van der Waals surface area contributed by atoms with Crippen LogP contribution >= 0.6 is 0 Å². The molecule has 0 radical (unpaired) electrons. The lowest BCUT2D eigenvalue weighted by Crippen LogP contribution is -2.31. The van der Waals surface area contributed by atoms with Gasteiger partial charge in [0.15, 0.2) is 5.82 Å². The average molecular weight is 246 g/mol. The molecule has 1 aliphatic carbocycles. The molecule has 0 saturated heterocycles. The molecule has 94 valence electrons. The highest BCUT2D eigenvalue weighted by Gasteiger charge is 2.23. The van der Waals surface area contributed by atoms with E-state index in [1.807, 2.05) is 11.3 Å². The van der Waals surface area contributed by atoms with E-state index < -0.39 is 0 Å². The second kappa shape index (κ2) is 4.25. The third kappa shape index (κ3) is 2.11. The summed E-state index contributed by atoms with van der Waals surface area (Å²) in [4.78, 5) is 15.7. The summed E-state index contributed by atoms with van der Waals surface area (Å²) in [5.74, 6) is 1.35. The van der Waals surface area contributed by atoms with Gasteiger partial charge in [-0.1, -0.05) is 0 Å². The van der Waals surface area contributed by atoms with Crippen molar-refractivity contribution < 1.29 is 4.79 Å². The number of nitrogens with one attached hydrogen (secondary N) is 2. The second-order valence-electron chi connectivity index (χ2n) is 4.41. The monoisotopic (exact) mass is 246 g/mol. The van der Waals surface area contributed by atoms with Gasteiger partial charge in [-0.2, -0.15) is 0 Å². The number of aryl methyl sites for hydroxylation is 1. The first kappa shape index (κ1) is 10.9. The van der Waals surface area contributed by atoms with Gasteiger partial charge in [-0.3, -0.25) is 9.20 Å². The minimum absolute atomic E-state index is 0.0162. The van der Waals surface area contributed by atoms with Crippen LogP contribution in [0.4, 0.5) is 5.82 Å². The molecule has 1 saturated carbocycles. The van der Waals surface area contributed by atoms with Crippen LogP contribution in [0.25, 0.3) is 5.65 Å². The highest BCUT2D eigenvalue weighted by molar-refractivity contribution is 5.82. The summed E-state index contributed by atoms with van der Waals surface area (Å²) in [6.07, 6.45) is 5.62. The molecule has 7 nitrogen and oxygen atoms in total. The van der Waals surface area contributed by atoms with Crippen molar-refractivity contribution in [2.75, 3.05) is 11.9 Å². The number of amides is 1. The van der Waals surface area contributed by atoms with E-state index in [4.69, 9.17) is 0 Å². The molecule has 2 aromatic heterocycles. The molecule has 2 N–H and O–H groups in total. The van der Waals surface area contributed by atoms with Gasteiger partial charge in [0.2, 0.25) is 11.6 Å². The van der Waals surface area contributed by atoms with E-state index in [2.05, 4.69) is 25.8 Å². The third-order valence-electron chi connectivity index (χ3n) is 2.86. The van der Waals surface area contributed by atoms with Crippen LogP contribution in [0.1, 0.15) is 18.7 Å². The van der Waals surface area contributed by atoms with E-state index in [0.29, 0.717) is 17.5 Å². The molecule has 0 spiro atoms. The van der Waals surface area contributed by atoms with Crippen molar-refractivity contribution in [2.45, 2.75) is 25.8 Å². The summed E-state index contributed by atoms with van der Waals surface area (Å²) >= 11 is 0. The topological polar surface area (TPSA) is 84.2 Å². The Labute approximate surface area is 104 Å². The number of nitrogens with zero attached hydrogens (tertiary/aromatic N) is 4. The molecule has 2 aromatic rings. The number of carbonyl (C=O) groups is 1. The van der Waals surface area contributed by atoms with Gasteiger partial charge >= 0.3 is 0 Å². The molecule has 18 heavy (non-hydrogen) atoms. The van der Waals surface area contributed by atoms with Crippen LogP contribution in [0.5, 0.6) is 0 Å². The zero-order chi connectivity index (χ0) is 12.5. The smallest absolute Gasteiger partial charge is 0.239 e. The zero-order valence-electron chi connectivity index (χ0n) is 10.1. The molecule has 1 amide bonds. The van der Waals surface area contributed by atoms with Crippen LogP contribution in [0.15, 0.2) is 12.4 Å². The molecule has 0 unspecified atom stereocenters. The number of hydrogen-bond acceptors (Lipinski definition) is 5.